The van der Waals surface area contributed by atoms with E-state index in [1.165, 1.54) is 12.8 Å². The van der Waals surface area contributed by atoms with Crippen LogP contribution in [0.2, 0.25) is 0 Å². The molecule has 16 heavy (non-hydrogen) atoms. The molecular formula is C12H22N4. The molecule has 2 N–H and O–H groups in total. The number of nitrogens with zero attached hydrogens (tertiary/aromatic N) is 3. The Morgan fingerprint density at radius 1 is 1.31 bits per heavy atom. The first-order chi connectivity index (χ1) is 7.71. The van der Waals surface area contributed by atoms with Gasteiger partial charge in [-0.25, -0.2) is 4.98 Å². The average Bonchev–Trinajstić information content (AvgIpc) is 2.31. The highest BCUT2D eigenvalue weighted by atomic mass is 15.2. The van der Waals surface area contributed by atoms with Crippen molar-refractivity contribution in [2.24, 2.45) is 5.92 Å². The summed E-state index contributed by atoms with van der Waals surface area (Å²) in [6.07, 6.45) is 4.12. The topological polar surface area (TPSA) is 55.0 Å². The van der Waals surface area contributed by atoms with Gasteiger partial charge in [0.1, 0.15) is 5.82 Å². The van der Waals surface area contributed by atoms with Crippen LogP contribution in [0.4, 0.5) is 11.8 Å². The molecule has 1 aromatic rings. The summed E-state index contributed by atoms with van der Waals surface area (Å²) in [4.78, 5) is 10.4. The zero-order valence-electron chi connectivity index (χ0n) is 10.5. The minimum Gasteiger partial charge on any atom is -0.368 e. The van der Waals surface area contributed by atoms with Gasteiger partial charge in [-0.2, -0.15) is 4.98 Å². The minimum atomic E-state index is 0.348. The van der Waals surface area contributed by atoms with E-state index < -0.39 is 0 Å². The molecule has 90 valence electrons. The third-order valence-corrected chi connectivity index (χ3v) is 3.00. The minimum absolute atomic E-state index is 0.348. The lowest BCUT2D eigenvalue weighted by Crippen LogP contribution is -2.29. The summed E-state index contributed by atoms with van der Waals surface area (Å²) in [5.74, 6) is 2.00. The quantitative estimate of drug-likeness (QED) is 0.802. The van der Waals surface area contributed by atoms with Crippen LogP contribution in [0.5, 0.6) is 0 Å². The van der Waals surface area contributed by atoms with Crippen molar-refractivity contribution in [2.45, 2.75) is 33.6 Å². The fourth-order valence-corrected chi connectivity index (χ4v) is 1.78. The lowest BCUT2D eigenvalue weighted by Gasteiger charge is -2.26. The van der Waals surface area contributed by atoms with E-state index in [4.69, 9.17) is 5.73 Å². The largest absolute Gasteiger partial charge is 0.368 e. The predicted molar refractivity (Wildman–Crippen MR) is 68.4 cm³/mol. The number of hydrogen-bond acceptors (Lipinski definition) is 4. The summed E-state index contributed by atoms with van der Waals surface area (Å²) in [6.45, 7) is 8.60. The van der Waals surface area contributed by atoms with Crippen LogP contribution in [0.1, 0.15) is 33.6 Å². The van der Waals surface area contributed by atoms with Crippen molar-refractivity contribution in [3.63, 3.8) is 0 Å². The predicted octanol–water partition coefficient (Wildman–Crippen LogP) is 2.32. The van der Waals surface area contributed by atoms with Crippen molar-refractivity contribution in [1.82, 2.24) is 9.97 Å². The molecule has 4 nitrogen and oxygen atoms in total. The van der Waals surface area contributed by atoms with Crippen LogP contribution in [-0.2, 0) is 0 Å². The van der Waals surface area contributed by atoms with Gasteiger partial charge in [-0.15, -0.1) is 0 Å². The summed E-state index contributed by atoms with van der Waals surface area (Å²) in [7, 11) is 0. The molecule has 0 atom stereocenters. The summed E-state index contributed by atoms with van der Waals surface area (Å²) >= 11 is 0. The molecule has 0 aliphatic rings. The van der Waals surface area contributed by atoms with Crippen molar-refractivity contribution >= 4 is 11.8 Å². The first kappa shape index (κ1) is 12.7. The van der Waals surface area contributed by atoms with E-state index in [1.807, 2.05) is 6.07 Å². The maximum Gasteiger partial charge on any atom is 0.221 e. The van der Waals surface area contributed by atoms with Crippen molar-refractivity contribution in [1.29, 1.82) is 0 Å². The molecule has 1 aromatic heterocycles. The fourth-order valence-electron chi connectivity index (χ4n) is 1.78. The average molecular weight is 222 g/mol. The molecule has 0 aliphatic carbocycles. The number of anilines is 2. The summed E-state index contributed by atoms with van der Waals surface area (Å²) < 4.78 is 0. The second kappa shape index (κ2) is 6.30. The molecule has 0 amide bonds. The molecule has 0 bridgehead atoms. The molecule has 0 saturated heterocycles. The van der Waals surface area contributed by atoms with E-state index in [-0.39, 0.29) is 0 Å². The highest BCUT2D eigenvalue weighted by molar-refractivity contribution is 5.40. The first-order valence-corrected chi connectivity index (χ1v) is 6.04. The lowest BCUT2D eigenvalue weighted by molar-refractivity contribution is 0.484. The highest BCUT2D eigenvalue weighted by Gasteiger charge is 2.11. The lowest BCUT2D eigenvalue weighted by atomic mass is 10.0. The third kappa shape index (κ3) is 3.36. The fraction of sp³-hybridized carbons (Fsp3) is 0.667. The van der Waals surface area contributed by atoms with Crippen LogP contribution in [0, 0.1) is 5.92 Å². The molecule has 1 heterocycles. The zero-order chi connectivity index (χ0) is 12.0. The van der Waals surface area contributed by atoms with E-state index in [2.05, 4.69) is 35.6 Å². The van der Waals surface area contributed by atoms with Gasteiger partial charge in [0.2, 0.25) is 5.95 Å². The third-order valence-electron chi connectivity index (χ3n) is 3.00. The number of hydrogen-bond donors (Lipinski definition) is 1. The number of rotatable bonds is 6. The number of nitrogen functional groups attached to an aromatic ring is 1. The van der Waals surface area contributed by atoms with Crippen LogP contribution in [0.3, 0.4) is 0 Å². The maximum atomic E-state index is 5.60. The van der Waals surface area contributed by atoms with Gasteiger partial charge >= 0.3 is 0 Å². The van der Waals surface area contributed by atoms with Crippen LogP contribution in [-0.4, -0.2) is 23.1 Å². The van der Waals surface area contributed by atoms with Crippen LogP contribution in [0.25, 0.3) is 0 Å². The second-order valence-electron chi connectivity index (χ2n) is 3.99. The molecule has 1 rings (SSSR count). The standard InChI is InChI=1S/C12H22N4/c1-4-10(5-2)9-16(6-3)11-7-8-14-12(13)15-11/h7-8,10H,4-6,9H2,1-3H3,(H2,13,14,15). The van der Waals surface area contributed by atoms with Crippen molar-refractivity contribution in [2.75, 3.05) is 23.7 Å². The first-order valence-electron chi connectivity index (χ1n) is 6.04. The Kier molecular flexibility index (Phi) is 5.02. The van der Waals surface area contributed by atoms with E-state index in [0.717, 1.165) is 24.8 Å². The van der Waals surface area contributed by atoms with Crippen molar-refractivity contribution in [3.8, 4) is 0 Å². The Morgan fingerprint density at radius 3 is 2.50 bits per heavy atom. The van der Waals surface area contributed by atoms with Gasteiger partial charge in [-0.1, -0.05) is 26.7 Å². The van der Waals surface area contributed by atoms with E-state index in [9.17, 15) is 0 Å². The summed E-state index contributed by atoms with van der Waals surface area (Å²) in [6, 6.07) is 1.92. The molecule has 0 radical (unpaired) electrons. The Morgan fingerprint density at radius 2 is 2.00 bits per heavy atom. The van der Waals surface area contributed by atoms with Crippen molar-refractivity contribution in [3.05, 3.63) is 12.3 Å². The molecule has 0 aromatic carbocycles. The molecular weight excluding hydrogens is 200 g/mol. The van der Waals surface area contributed by atoms with Gasteiger partial charge in [0.25, 0.3) is 0 Å². The van der Waals surface area contributed by atoms with Crippen molar-refractivity contribution < 1.29 is 0 Å². The van der Waals surface area contributed by atoms with Gasteiger partial charge in [0.05, 0.1) is 0 Å². The molecule has 0 unspecified atom stereocenters. The van der Waals surface area contributed by atoms with Crippen LogP contribution < -0.4 is 10.6 Å². The summed E-state index contributed by atoms with van der Waals surface area (Å²) in [5, 5.41) is 0. The Balaban J connectivity index is 2.74. The SMILES string of the molecule is CCC(CC)CN(CC)c1ccnc(N)n1. The monoisotopic (exact) mass is 222 g/mol. The van der Waals surface area contributed by atoms with E-state index in [1.54, 1.807) is 6.20 Å². The van der Waals surface area contributed by atoms with Crippen LogP contribution >= 0.6 is 0 Å². The zero-order valence-corrected chi connectivity index (χ0v) is 10.5. The highest BCUT2D eigenvalue weighted by Crippen LogP contribution is 2.16. The Labute approximate surface area is 97.9 Å². The Hall–Kier alpha value is -1.32. The molecule has 4 heteroatoms. The van der Waals surface area contributed by atoms with Gasteiger partial charge in [-0.05, 0) is 18.9 Å². The van der Waals surface area contributed by atoms with E-state index in [0.29, 0.717) is 5.95 Å². The molecule has 0 fully saturated rings. The maximum absolute atomic E-state index is 5.60. The molecule has 0 aliphatic heterocycles. The number of aromatic nitrogens is 2. The second-order valence-corrected chi connectivity index (χ2v) is 3.99. The summed E-state index contributed by atoms with van der Waals surface area (Å²) in [5.41, 5.74) is 5.60. The van der Waals surface area contributed by atoms with Gasteiger partial charge in [0, 0.05) is 19.3 Å². The number of nitrogens with two attached hydrogens (primary N) is 1. The van der Waals surface area contributed by atoms with Gasteiger partial charge in [-0.3, -0.25) is 0 Å². The van der Waals surface area contributed by atoms with Gasteiger partial charge in [0.15, 0.2) is 0 Å². The molecule has 0 spiro atoms. The normalized spacial score (nSPS) is 10.8. The van der Waals surface area contributed by atoms with E-state index >= 15 is 0 Å². The smallest absolute Gasteiger partial charge is 0.221 e. The Bertz CT molecular complexity index is 310. The van der Waals surface area contributed by atoms with Crippen LogP contribution in [0.15, 0.2) is 12.3 Å². The van der Waals surface area contributed by atoms with Gasteiger partial charge < -0.3 is 10.6 Å². The molecule has 0 saturated carbocycles.